The third kappa shape index (κ3) is 12.1. The maximum Gasteiger partial charge on any atom is 0.303 e. The summed E-state index contributed by atoms with van der Waals surface area (Å²) in [5, 5.41) is 34.2. The maximum absolute atomic E-state index is 10.0. The third-order valence-corrected chi connectivity index (χ3v) is 3.18. The van der Waals surface area contributed by atoms with Crippen LogP contribution in [-0.2, 0) is 4.79 Å². The molecule has 0 spiro atoms. The van der Waals surface area contributed by atoms with E-state index in [0.717, 1.165) is 19.3 Å². The predicted molar refractivity (Wildman–Crippen MR) is 74.9 cm³/mol. The highest BCUT2D eigenvalue weighted by Gasteiger charge is 2.24. The molecule has 0 saturated carbocycles. The molecule has 0 aliphatic rings. The van der Waals surface area contributed by atoms with E-state index in [9.17, 15) is 4.79 Å². The fraction of sp³-hybridized carbons (Fsp3) is 0.929. The van der Waals surface area contributed by atoms with Gasteiger partial charge in [-0.2, -0.15) is 0 Å². The van der Waals surface area contributed by atoms with Crippen molar-refractivity contribution in [3.63, 3.8) is 0 Å². The minimum absolute atomic E-state index is 0.156. The molecule has 0 aromatic carbocycles. The number of hydrogen-bond donors (Lipinski definition) is 4. The third-order valence-electron chi connectivity index (χ3n) is 3.18. The Morgan fingerprint density at radius 2 is 1.53 bits per heavy atom. The molecule has 0 heterocycles. The van der Waals surface area contributed by atoms with Crippen molar-refractivity contribution in [3.05, 3.63) is 0 Å². The van der Waals surface area contributed by atoms with Crippen molar-refractivity contribution in [1.82, 2.24) is 0 Å². The fourth-order valence-electron chi connectivity index (χ4n) is 1.31. The number of aliphatic carboxylic acids is 1. The maximum atomic E-state index is 10.0. The Hall–Kier alpha value is -0.650. The van der Waals surface area contributed by atoms with Gasteiger partial charge in [0.05, 0.1) is 19.8 Å². The zero-order valence-corrected chi connectivity index (χ0v) is 12.4. The Bertz CT molecular complexity index is 194. The Morgan fingerprint density at radius 1 is 1.05 bits per heavy atom. The molecule has 0 fully saturated rings. The minimum atomic E-state index is -0.677. The second-order valence-electron chi connectivity index (χ2n) is 5.36. The highest BCUT2D eigenvalue weighted by atomic mass is 16.4. The molecule has 5 nitrogen and oxygen atoms in total. The van der Waals surface area contributed by atoms with E-state index in [1.807, 2.05) is 6.92 Å². The van der Waals surface area contributed by atoms with Gasteiger partial charge in [0.1, 0.15) is 0 Å². The molecule has 19 heavy (non-hydrogen) atoms. The summed E-state index contributed by atoms with van der Waals surface area (Å²) < 4.78 is 0. The summed E-state index contributed by atoms with van der Waals surface area (Å²) in [5.74, 6) is 0.0255. The van der Waals surface area contributed by atoms with Crippen molar-refractivity contribution in [1.29, 1.82) is 0 Å². The highest BCUT2D eigenvalue weighted by Crippen LogP contribution is 2.18. The molecule has 0 unspecified atom stereocenters. The number of hydrogen-bond acceptors (Lipinski definition) is 4. The number of carboxylic acids is 1. The standard InChI is InChI=1S/C8H16O2.C6H14O3/c1-7(2)5-3-4-6-8(9)10;1-2-6(3-7,4-8)5-9/h7H,3-6H2,1-2H3,(H,9,10);7-9H,2-5H2,1H3. The summed E-state index contributed by atoms with van der Waals surface area (Å²) in [5.41, 5.74) is -0.667. The van der Waals surface area contributed by atoms with Gasteiger partial charge >= 0.3 is 5.97 Å². The largest absolute Gasteiger partial charge is 0.481 e. The monoisotopic (exact) mass is 278 g/mol. The number of rotatable bonds is 9. The van der Waals surface area contributed by atoms with Gasteiger partial charge < -0.3 is 20.4 Å². The van der Waals surface area contributed by atoms with E-state index in [-0.39, 0.29) is 19.8 Å². The van der Waals surface area contributed by atoms with Crippen LogP contribution in [0.3, 0.4) is 0 Å². The van der Waals surface area contributed by atoms with E-state index in [4.69, 9.17) is 20.4 Å². The molecule has 4 N–H and O–H groups in total. The van der Waals surface area contributed by atoms with E-state index in [1.54, 1.807) is 0 Å². The van der Waals surface area contributed by atoms with Crippen LogP contribution >= 0.6 is 0 Å². The molecule has 0 saturated heterocycles. The number of unbranched alkanes of at least 4 members (excludes halogenated alkanes) is 1. The lowest BCUT2D eigenvalue weighted by Gasteiger charge is -2.24. The van der Waals surface area contributed by atoms with E-state index in [0.29, 0.717) is 18.8 Å². The number of carbonyl (C=O) groups is 1. The SMILES string of the molecule is CC(C)CCCCC(=O)O.CCC(CO)(CO)CO. The van der Waals surface area contributed by atoms with Crippen molar-refractivity contribution in [2.45, 2.75) is 52.9 Å². The van der Waals surface area contributed by atoms with Gasteiger partial charge in [0.15, 0.2) is 0 Å². The quantitative estimate of drug-likeness (QED) is 0.481. The Balaban J connectivity index is 0. The summed E-state index contributed by atoms with van der Waals surface area (Å²) in [6.07, 6.45) is 3.94. The fourth-order valence-corrected chi connectivity index (χ4v) is 1.31. The lowest BCUT2D eigenvalue weighted by Crippen LogP contribution is -2.32. The molecule has 5 heteroatoms. The molecule has 0 atom stereocenters. The Morgan fingerprint density at radius 3 is 1.74 bits per heavy atom. The van der Waals surface area contributed by atoms with Gasteiger partial charge in [-0.15, -0.1) is 0 Å². The molecule has 116 valence electrons. The normalized spacial score (nSPS) is 11.1. The predicted octanol–water partition coefficient (Wildman–Crippen LogP) is 1.65. The molecule has 0 amide bonds. The Labute approximate surface area is 116 Å². The molecular weight excluding hydrogens is 248 g/mol. The van der Waals surface area contributed by atoms with Crippen LogP contribution in [0.2, 0.25) is 0 Å². The van der Waals surface area contributed by atoms with E-state index >= 15 is 0 Å². The van der Waals surface area contributed by atoms with Gasteiger partial charge in [0, 0.05) is 11.8 Å². The van der Waals surface area contributed by atoms with Gasteiger partial charge in [0.25, 0.3) is 0 Å². The first-order chi connectivity index (χ1) is 8.87. The van der Waals surface area contributed by atoms with Crippen molar-refractivity contribution in [2.24, 2.45) is 11.3 Å². The summed E-state index contributed by atoms with van der Waals surface area (Å²) in [6.45, 7) is 5.66. The molecule has 0 rings (SSSR count). The summed E-state index contributed by atoms with van der Waals surface area (Å²) in [4.78, 5) is 10.0. The lowest BCUT2D eigenvalue weighted by molar-refractivity contribution is -0.137. The van der Waals surface area contributed by atoms with E-state index in [2.05, 4.69) is 13.8 Å². The first-order valence-corrected chi connectivity index (χ1v) is 6.91. The van der Waals surface area contributed by atoms with Crippen molar-refractivity contribution < 1.29 is 25.2 Å². The van der Waals surface area contributed by atoms with Crippen LogP contribution < -0.4 is 0 Å². The summed E-state index contributed by atoms with van der Waals surface area (Å²) in [6, 6.07) is 0. The molecule has 0 bridgehead atoms. The van der Waals surface area contributed by atoms with Crippen LogP contribution in [0.25, 0.3) is 0 Å². The zero-order chi connectivity index (χ0) is 15.3. The highest BCUT2D eigenvalue weighted by molar-refractivity contribution is 5.66. The smallest absolute Gasteiger partial charge is 0.303 e. The first kappa shape index (κ1) is 20.7. The van der Waals surface area contributed by atoms with Crippen molar-refractivity contribution in [3.8, 4) is 0 Å². The summed E-state index contributed by atoms with van der Waals surface area (Å²) in [7, 11) is 0. The van der Waals surface area contributed by atoms with Crippen LogP contribution in [0.5, 0.6) is 0 Å². The van der Waals surface area contributed by atoms with Gasteiger partial charge in [-0.3, -0.25) is 4.79 Å². The topological polar surface area (TPSA) is 98.0 Å². The molecule has 0 aromatic rings. The number of carboxylic acid groups (broad SMARTS) is 1. The van der Waals surface area contributed by atoms with Crippen LogP contribution in [0.1, 0.15) is 52.9 Å². The number of aliphatic hydroxyl groups excluding tert-OH is 3. The number of aliphatic hydroxyl groups is 3. The van der Waals surface area contributed by atoms with Crippen LogP contribution in [0, 0.1) is 11.3 Å². The van der Waals surface area contributed by atoms with Gasteiger partial charge in [-0.05, 0) is 18.8 Å². The average Bonchev–Trinajstić information content (AvgIpc) is 2.38. The average molecular weight is 278 g/mol. The van der Waals surface area contributed by atoms with Gasteiger partial charge in [0.2, 0.25) is 0 Å². The minimum Gasteiger partial charge on any atom is -0.481 e. The summed E-state index contributed by atoms with van der Waals surface area (Å²) >= 11 is 0. The molecule has 0 radical (unpaired) electrons. The van der Waals surface area contributed by atoms with Gasteiger partial charge in [-0.25, -0.2) is 0 Å². The second kappa shape index (κ2) is 12.4. The molecular formula is C14H30O5. The zero-order valence-electron chi connectivity index (χ0n) is 12.4. The Kier molecular flexibility index (Phi) is 13.5. The molecule has 0 aliphatic heterocycles. The first-order valence-electron chi connectivity index (χ1n) is 6.91. The van der Waals surface area contributed by atoms with Crippen LogP contribution in [0.4, 0.5) is 0 Å². The lowest BCUT2D eigenvalue weighted by atomic mass is 9.88. The second-order valence-corrected chi connectivity index (χ2v) is 5.36. The van der Waals surface area contributed by atoms with E-state index < -0.39 is 11.4 Å². The molecule has 0 aliphatic carbocycles. The van der Waals surface area contributed by atoms with Crippen molar-refractivity contribution in [2.75, 3.05) is 19.8 Å². The van der Waals surface area contributed by atoms with E-state index in [1.165, 1.54) is 0 Å². The van der Waals surface area contributed by atoms with Crippen molar-refractivity contribution >= 4 is 5.97 Å². The van der Waals surface area contributed by atoms with Gasteiger partial charge in [-0.1, -0.05) is 33.6 Å². The van der Waals surface area contributed by atoms with Crippen LogP contribution in [-0.4, -0.2) is 46.2 Å². The molecule has 0 aromatic heterocycles. The van der Waals surface area contributed by atoms with Crippen LogP contribution in [0.15, 0.2) is 0 Å².